The topological polar surface area (TPSA) is 70.4 Å². The second-order valence-electron chi connectivity index (χ2n) is 6.67. The van der Waals surface area contributed by atoms with Gasteiger partial charge in [0.1, 0.15) is 5.82 Å². The molecule has 0 aliphatic carbocycles. The van der Waals surface area contributed by atoms with E-state index in [1.165, 1.54) is 29.2 Å². The zero-order chi connectivity index (χ0) is 23.3. The lowest BCUT2D eigenvalue weighted by molar-refractivity contribution is 0.0526. The SMILES string of the molecule is CCOC(=O)c1ccc(N(Cc2c(Cl)cccc2Cl)C(=O)c2ccc(C#N)cc2F)cc1. The van der Waals surface area contributed by atoms with Crippen LogP contribution in [0.3, 0.4) is 0 Å². The molecule has 0 aromatic heterocycles. The van der Waals surface area contributed by atoms with E-state index in [1.807, 2.05) is 6.07 Å². The Balaban J connectivity index is 2.04. The number of benzene rings is 3. The predicted molar refractivity (Wildman–Crippen MR) is 120 cm³/mol. The molecule has 32 heavy (non-hydrogen) atoms. The molecule has 162 valence electrons. The molecule has 8 heteroatoms. The van der Waals surface area contributed by atoms with Crippen molar-refractivity contribution in [2.45, 2.75) is 13.5 Å². The van der Waals surface area contributed by atoms with E-state index >= 15 is 0 Å². The molecule has 0 fully saturated rings. The Labute approximate surface area is 194 Å². The Morgan fingerprint density at radius 1 is 1.06 bits per heavy atom. The minimum absolute atomic E-state index is 0.0461. The molecule has 3 aromatic rings. The van der Waals surface area contributed by atoms with Gasteiger partial charge in [-0.2, -0.15) is 5.26 Å². The fraction of sp³-hybridized carbons (Fsp3) is 0.125. The van der Waals surface area contributed by atoms with Gasteiger partial charge in [-0.15, -0.1) is 0 Å². The largest absolute Gasteiger partial charge is 0.462 e. The summed E-state index contributed by atoms with van der Waals surface area (Å²) in [5, 5.41) is 9.66. The molecule has 1 amide bonds. The van der Waals surface area contributed by atoms with Crippen LogP contribution in [0.15, 0.2) is 60.7 Å². The number of ether oxygens (including phenoxy) is 1. The number of amides is 1. The van der Waals surface area contributed by atoms with Gasteiger partial charge in [0, 0.05) is 21.3 Å². The van der Waals surface area contributed by atoms with Crippen LogP contribution in [0, 0.1) is 17.1 Å². The van der Waals surface area contributed by atoms with Crippen LogP contribution >= 0.6 is 23.2 Å². The molecule has 0 saturated heterocycles. The zero-order valence-electron chi connectivity index (χ0n) is 16.9. The molecule has 0 spiro atoms. The Hall–Kier alpha value is -3.40. The minimum atomic E-state index is -0.826. The minimum Gasteiger partial charge on any atom is -0.462 e. The van der Waals surface area contributed by atoms with Gasteiger partial charge in [0.2, 0.25) is 0 Å². The van der Waals surface area contributed by atoms with E-state index in [9.17, 15) is 14.0 Å². The molecule has 3 rings (SSSR count). The van der Waals surface area contributed by atoms with E-state index in [1.54, 1.807) is 37.3 Å². The van der Waals surface area contributed by atoms with Gasteiger partial charge in [0.25, 0.3) is 5.91 Å². The molecule has 3 aromatic carbocycles. The number of rotatable bonds is 6. The molecule has 5 nitrogen and oxygen atoms in total. The maximum atomic E-state index is 14.6. The summed E-state index contributed by atoms with van der Waals surface area (Å²) in [7, 11) is 0. The Morgan fingerprint density at radius 2 is 1.72 bits per heavy atom. The molecule has 0 aliphatic heterocycles. The van der Waals surface area contributed by atoms with Gasteiger partial charge in [-0.3, -0.25) is 4.79 Å². The fourth-order valence-electron chi connectivity index (χ4n) is 3.02. The molecule has 0 radical (unpaired) electrons. The van der Waals surface area contributed by atoms with Crippen LogP contribution in [0.4, 0.5) is 10.1 Å². The number of carbonyl (C=O) groups excluding carboxylic acids is 2. The highest BCUT2D eigenvalue weighted by molar-refractivity contribution is 6.36. The Bertz CT molecular complexity index is 1190. The molecular formula is C24H17Cl2FN2O3. The van der Waals surface area contributed by atoms with E-state index < -0.39 is 17.7 Å². The van der Waals surface area contributed by atoms with Crippen molar-refractivity contribution in [2.24, 2.45) is 0 Å². The van der Waals surface area contributed by atoms with E-state index in [2.05, 4.69) is 0 Å². The molecule has 0 aliphatic rings. The van der Waals surface area contributed by atoms with E-state index in [0.29, 0.717) is 26.9 Å². The Morgan fingerprint density at radius 3 is 2.28 bits per heavy atom. The van der Waals surface area contributed by atoms with Crippen molar-refractivity contribution >= 4 is 40.8 Å². The second-order valence-corrected chi connectivity index (χ2v) is 7.48. The first-order valence-corrected chi connectivity index (χ1v) is 10.3. The lowest BCUT2D eigenvalue weighted by atomic mass is 10.1. The summed E-state index contributed by atoms with van der Waals surface area (Å²) in [5.74, 6) is -1.98. The first-order chi connectivity index (χ1) is 15.3. The summed E-state index contributed by atoms with van der Waals surface area (Å²) in [6, 6.07) is 16.5. The number of nitriles is 1. The number of anilines is 1. The molecular weight excluding hydrogens is 454 g/mol. The van der Waals surface area contributed by atoms with E-state index in [-0.39, 0.29) is 24.3 Å². The van der Waals surface area contributed by atoms with Crippen molar-refractivity contribution < 1.29 is 18.7 Å². The van der Waals surface area contributed by atoms with Crippen LogP contribution < -0.4 is 4.90 Å². The van der Waals surface area contributed by atoms with Crippen molar-refractivity contribution in [3.8, 4) is 6.07 Å². The number of nitrogens with zero attached hydrogens (tertiary/aromatic N) is 2. The van der Waals surface area contributed by atoms with Gasteiger partial charge in [-0.05, 0) is 61.5 Å². The van der Waals surface area contributed by atoms with E-state index in [0.717, 1.165) is 6.07 Å². The van der Waals surface area contributed by atoms with Crippen molar-refractivity contribution in [2.75, 3.05) is 11.5 Å². The molecule has 0 saturated carbocycles. The van der Waals surface area contributed by atoms with Gasteiger partial charge in [-0.1, -0.05) is 29.3 Å². The third-order valence-corrected chi connectivity index (χ3v) is 5.35. The van der Waals surface area contributed by atoms with Crippen LogP contribution in [0.2, 0.25) is 10.0 Å². The zero-order valence-corrected chi connectivity index (χ0v) is 18.5. The smallest absolute Gasteiger partial charge is 0.338 e. The molecule has 0 atom stereocenters. The monoisotopic (exact) mass is 470 g/mol. The van der Waals surface area contributed by atoms with Crippen LogP contribution in [0.5, 0.6) is 0 Å². The third kappa shape index (κ3) is 5.08. The number of carbonyl (C=O) groups is 2. The maximum Gasteiger partial charge on any atom is 0.338 e. The summed E-state index contributed by atoms with van der Waals surface area (Å²) in [6.07, 6.45) is 0. The lowest BCUT2D eigenvalue weighted by Gasteiger charge is -2.24. The summed E-state index contributed by atoms with van der Waals surface area (Å²) >= 11 is 12.6. The number of halogens is 3. The highest BCUT2D eigenvalue weighted by atomic mass is 35.5. The highest BCUT2D eigenvalue weighted by Gasteiger charge is 2.24. The average Bonchev–Trinajstić information content (AvgIpc) is 2.79. The second kappa shape index (κ2) is 10.3. The number of hydrogen-bond donors (Lipinski definition) is 0. The van der Waals surface area contributed by atoms with Gasteiger partial charge in [-0.25, -0.2) is 9.18 Å². The van der Waals surface area contributed by atoms with Gasteiger partial charge in [0.15, 0.2) is 0 Å². The molecule has 0 unspecified atom stereocenters. The Kier molecular flexibility index (Phi) is 7.47. The van der Waals surface area contributed by atoms with Crippen molar-refractivity contribution in [1.82, 2.24) is 0 Å². The summed E-state index contributed by atoms with van der Waals surface area (Å²) in [4.78, 5) is 26.6. The van der Waals surface area contributed by atoms with Crippen LogP contribution in [-0.2, 0) is 11.3 Å². The van der Waals surface area contributed by atoms with Gasteiger partial charge < -0.3 is 9.64 Å². The molecule has 0 N–H and O–H groups in total. The van der Waals surface area contributed by atoms with Crippen LogP contribution in [0.1, 0.15) is 38.8 Å². The quantitative estimate of drug-likeness (QED) is 0.412. The summed E-state index contributed by atoms with van der Waals surface area (Å²) in [5.41, 5.74) is 1.05. The van der Waals surface area contributed by atoms with Crippen LogP contribution in [-0.4, -0.2) is 18.5 Å². The fourth-order valence-corrected chi connectivity index (χ4v) is 3.53. The van der Waals surface area contributed by atoms with Crippen LogP contribution in [0.25, 0.3) is 0 Å². The first kappa shape index (κ1) is 23.3. The lowest BCUT2D eigenvalue weighted by Crippen LogP contribution is -2.31. The van der Waals surface area contributed by atoms with E-state index in [4.69, 9.17) is 33.2 Å². The van der Waals surface area contributed by atoms with Gasteiger partial charge in [0.05, 0.1) is 35.9 Å². The number of esters is 1. The first-order valence-electron chi connectivity index (χ1n) is 9.57. The van der Waals surface area contributed by atoms with Crippen molar-refractivity contribution in [1.29, 1.82) is 5.26 Å². The summed E-state index contributed by atoms with van der Waals surface area (Å²) in [6.45, 7) is 1.88. The maximum absolute atomic E-state index is 14.6. The molecule has 0 bridgehead atoms. The third-order valence-electron chi connectivity index (χ3n) is 4.64. The molecule has 0 heterocycles. The highest BCUT2D eigenvalue weighted by Crippen LogP contribution is 2.29. The van der Waals surface area contributed by atoms with Crippen molar-refractivity contribution in [3.05, 3.63) is 98.8 Å². The standard InChI is InChI=1S/C24H17Cl2FN2O3/c1-2-32-24(31)16-7-9-17(10-8-16)29(14-19-20(25)4-3-5-21(19)26)23(30)18-11-6-15(13-28)12-22(18)27/h3-12H,2,14H2,1H3. The van der Waals surface area contributed by atoms with Crippen molar-refractivity contribution in [3.63, 3.8) is 0 Å². The normalized spacial score (nSPS) is 10.3. The number of hydrogen-bond acceptors (Lipinski definition) is 4. The average molecular weight is 471 g/mol. The summed E-state index contributed by atoms with van der Waals surface area (Å²) < 4.78 is 19.6. The predicted octanol–water partition coefficient (Wildman–Crippen LogP) is 6.03. The van der Waals surface area contributed by atoms with Gasteiger partial charge >= 0.3 is 5.97 Å².